The molecule has 0 aliphatic carbocycles. The molecule has 0 aliphatic rings. The number of anilines is 1. The van der Waals surface area contributed by atoms with Crippen LogP contribution in [0.2, 0.25) is 0 Å². The molecular weight excluding hydrogens is 727 g/mol. The topological polar surface area (TPSA) is 174 Å². The van der Waals surface area contributed by atoms with Crippen LogP contribution in [0.25, 0.3) is 0 Å². The van der Waals surface area contributed by atoms with Gasteiger partial charge < -0.3 is 38.1 Å². The number of benzene rings is 2. The molecule has 0 spiro atoms. The monoisotopic (exact) mass is 777 g/mol. The second kappa shape index (κ2) is 25.5. The summed E-state index contributed by atoms with van der Waals surface area (Å²) in [6.07, 6.45) is 0.495. The van der Waals surface area contributed by atoms with E-state index in [2.05, 4.69) is 34.2 Å². The zero-order valence-corrected chi connectivity index (χ0v) is 33.1. The van der Waals surface area contributed by atoms with Gasteiger partial charge in [-0.25, -0.2) is 4.79 Å². The molecule has 1 heterocycles. The number of nitriles is 2. The summed E-state index contributed by atoms with van der Waals surface area (Å²) in [6.45, 7) is 15.1. The summed E-state index contributed by atoms with van der Waals surface area (Å²) in [5.74, 6) is -0.563. The van der Waals surface area contributed by atoms with Crippen molar-refractivity contribution in [3.8, 4) is 12.1 Å². The van der Waals surface area contributed by atoms with E-state index in [1.165, 1.54) is 0 Å². The summed E-state index contributed by atoms with van der Waals surface area (Å²) in [5, 5.41) is 28.0. The lowest BCUT2D eigenvalue weighted by Crippen LogP contribution is -2.38. The molecule has 0 aliphatic heterocycles. The molecule has 2 aromatic carbocycles. The third-order valence-corrected chi connectivity index (χ3v) is 9.10. The maximum absolute atomic E-state index is 12.1. The summed E-state index contributed by atoms with van der Waals surface area (Å²) >= 11 is 1.16. The van der Waals surface area contributed by atoms with Gasteiger partial charge in [-0.2, -0.15) is 10.5 Å². The van der Waals surface area contributed by atoms with Crippen molar-refractivity contribution in [1.29, 1.82) is 10.5 Å². The van der Waals surface area contributed by atoms with Crippen LogP contribution >= 0.6 is 11.3 Å². The molecule has 0 radical (unpaired) electrons. The Morgan fingerprint density at radius 3 is 2.07 bits per heavy atom. The molecule has 55 heavy (non-hydrogen) atoms. The third kappa shape index (κ3) is 15.6. The van der Waals surface area contributed by atoms with Crippen LogP contribution in [0, 0.1) is 36.5 Å². The van der Waals surface area contributed by atoms with Gasteiger partial charge in [0, 0.05) is 24.3 Å². The fourth-order valence-corrected chi connectivity index (χ4v) is 5.94. The first-order valence-corrected chi connectivity index (χ1v) is 19.0. The highest BCUT2D eigenvalue weighted by atomic mass is 32.1. The highest BCUT2D eigenvalue weighted by Crippen LogP contribution is 2.36. The zero-order valence-electron chi connectivity index (χ0n) is 32.3. The van der Waals surface area contributed by atoms with Gasteiger partial charge in [-0.1, -0.05) is 18.2 Å². The number of aryl methyl sites for hydroxylation is 1. The largest absolute Gasteiger partial charge is 0.460 e. The summed E-state index contributed by atoms with van der Waals surface area (Å²) in [4.78, 5) is 25.8. The average Bonchev–Trinajstić information content (AvgIpc) is 3.51. The fourth-order valence-electron chi connectivity index (χ4n) is 5.06. The van der Waals surface area contributed by atoms with Crippen molar-refractivity contribution in [2.45, 2.75) is 46.8 Å². The Morgan fingerprint density at radius 2 is 1.49 bits per heavy atom. The standard InChI is InChI=1S/C40H51N5O9S/c1-6-45(33-11-12-37(30(4)23-33)43-44-39-36(24-41)31(5)38(25-42)55-39)26-34(28-54-29(2)3)52-21-19-50-17-15-48-13-14-49-16-18-51-20-22-53-40(47)35-10-8-7-9-32(35)27-46/h7-12,23,27,29,34H,6,13-22,26,28H2,1-5H3/b44-43+. The van der Waals surface area contributed by atoms with Gasteiger partial charge in [-0.05, 0) is 70.0 Å². The minimum Gasteiger partial charge on any atom is -0.460 e. The minimum absolute atomic E-state index is 0.0623. The van der Waals surface area contributed by atoms with Crippen molar-refractivity contribution in [3.05, 3.63) is 75.2 Å². The second-order valence-corrected chi connectivity index (χ2v) is 13.3. The van der Waals surface area contributed by atoms with Gasteiger partial charge in [0.25, 0.3) is 0 Å². The molecule has 0 amide bonds. The number of hydrogen-bond donors (Lipinski definition) is 0. The lowest BCUT2D eigenvalue weighted by Gasteiger charge is -2.29. The molecule has 0 saturated carbocycles. The average molecular weight is 778 g/mol. The number of azo groups is 1. The predicted octanol–water partition coefficient (Wildman–Crippen LogP) is 6.90. The summed E-state index contributed by atoms with van der Waals surface area (Å²) < 4.78 is 39.5. The Morgan fingerprint density at radius 1 is 0.855 bits per heavy atom. The van der Waals surface area contributed by atoms with Crippen molar-refractivity contribution in [3.63, 3.8) is 0 Å². The van der Waals surface area contributed by atoms with Crippen LogP contribution in [0.1, 0.15) is 63.1 Å². The second-order valence-electron chi connectivity index (χ2n) is 12.3. The van der Waals surface area contributed by atoms with Gasteiger partial charge in [-0.3, -0.25) is 4.79 Å². The molecule has 3 aromatic rings. The lowest BCUT2D eigenvalue weighted by atomic mass is 10.1. The fraction of sp³-hybridized carbons (Fsp3) is 0.500. The van der Waals surface area contributed by atoms with Gasteiger partial charge in [0.15, 0.2) is 11.3 Å². The van der Waals surface area contributed by atoms with Crippen LogP contribution in [-0.2, 0) is 33.2 Å². The van der Waals surface area contributed by atoms with Crippen LogP contribution in [0.3, 0.4) is 0 Å². The summed E-state index contributed by atoms with van der Waals surface area (Å²) in [7, 11) is 0. The lowest BCUT2D eigenvalue weighted by molar-refractivity contribution is -0.0538. The third-order valence-electron chi connectivity index (χ3n) is 8.02. The van der Waals surface area contributed by atoms with Crippen molar-refractivity contribution < 1.29 is 42.7 Å². The zero-order chi connectivity index (χ0) is 39.8. The summed E-state index contributed by atoms with van der Waals surface area (Å²) in [6, 6.07) is 16.6. The minimum atomic E-state index is -0.563. The van der Waals surface area contributed by atoms with Crippen LogP contribution in [0.5, 0.6) is 0 Å². The first-order valence-electron chi connectivity index (χ1n) is 18.2. The molecule has 14 nitrogen and oxygen atoms in total. The maximum Gasteiger partial charge on any atom is 0.338 e. The molecule has 0 saturated heterocycles. The number of nitrogens with zero attached hydrogens (tertiary/aromatic N) is 5. The van der Waals surface area contributed by atoms with E-state index in [1.807, 2.05) is 39.0 Å². The van der Waals surface area contributed by atoms with E-state index in [1.54, 1.807) is 31.2 Å². The van der Waals surface area contributed by atoms with E-state index in [0.29, 0.717) is 99.0 Å². The highest BCUT2D eigenvalue weighted by Gasteiger charge is 2.18. The van der Waals surface area contributed by atoms with E-state index >= 15 is 0 Å². The van der Waals surface area contributed by atoms with Gasteiger partial charge >= 0.3 is 5.97 Å². The Hall–Kier alpha value is -4.58. The number of likely N-dealkylation sites (N-methyl/N-ethyl adjacent to an activating group) is 1. The van der Waals surface area contributed by atoms with Crippen LogP contribution < -0.4 is 4.90 Å². The van der Waals surface area contributed by atoms with E-state index in [4.69, 9.17) is 33.2 Å². The molecule has 0 bridgehead atoms. The van der Waals surface area contributed by atoms with Crippen molar-refractivity contribution >= 4 is 40.0 Å². The molecule has 1 unspecified atom stereocenters. The molecule has 0 fully saturated rings. The quantitative estimate of drug-likeness (QED) is 0.0340. The van der Waals surface area contributed by atoms with Gasteiger partial charge in [0.1, 0.15) is 23.6 Å². The maximum atomic E-state index is 12.1. The van der Waals surface area contributed by atoms with Crippen molar-refractivity contribution in [2.75, 3.05) is 90.7 Å². The molecular formula is C40H51N5O9S. The van der Waals surface area contributed by atoms with Gasteiger partial charge in [-0.15, -0.1) is 21.6 Å². The molecule has 1 aromatic heterocycles. The molecule has 1 atom stereocenters. The van der Waals surface area contributed by atoms with Gasteiger partial charge in [0.05, 0.1) is 95.1 Å². The molecule has 15 heteroatoms. The van der Waals surface area contributed by atoms with E-state index in [-0.39, 0.29) is 36.5 Å². The van der Waals surface area contributed by atoms with Crippen LogP contribution in [0.4, 0.5) is 16.4 Å². The SMILES string of the molecule is CCN(CC(COC(C)C)OCCOCCOCCOCCOCCOC(=O)c1ccccc1C=O)c1ccc(/N=N/c2sc(C#N)c(C)c2C#N)c(C)c1. The first-order chi connectivity index (χ1) is 26.7. The Balaban J connectivity index is 1.30. The number of aldehydes is 1. The number of hydrogen-bond acceptors (Lipinski definition) is 15. The Labute approximate surface area is 327 Å². The number of thiophene rings is 1. The van der Waals surface area contributed by atoms with Gasteiger partial charge in [0.2, 0.25) is 0 Å². The highest BCUT2D eigenvalue weighted by molar-refractivity contribution is 7.16. The number of carbonyl (C=O) groups is 2. The number of rotatable bonds is 27. The first kappa shape index (κ1) is 44.8. The predicted molar refractivity (Wildman–Crippen MR) is 208 cm³/mol. The van der Waals surface area contributed by atoms with E-state index in [0.717, 1.165) is 29.1 Å². The Kier molecular flexibility index (Phi) is 20.8. The summed E-state index contributed by atoms with van der Waals surface area (Å²) in [5.41, 5.74) is 4.14. The normalized spacial score (nSPS) is 11.8. The van der Waals surface area contributed by atoms with E-state index in [9.17, 15) is 20.1 Å². The Bertz CT molecular complexity index is 1750. The van der Waals surface area contributed by atoms with E-state index < -0.39 is 5.97 Å². The number of esters is 1. The molecule has 296 valence electrons. The van der Waals surface area contributed by atoms with Crippen molar-refractivity contribution in [2.24, 2.45) is 10.2 Å². The molecule has 3 rings (SSSR count). The smallest absolute Gasteiger partial charge is 0.338 e. The van der Waals surface area contributed by atoms with Crippen LogP contribution in [-0.4, -0.2) is 110 Å². The number of carbonyl (C=O) groups excluding carboxylic acids is 2. The van der Waals surface area contributed by atoms with Crippen molar-refractivity contribution in [1.82, 2.24) is 0 Å². The van der Waals surface area contributed by atoms with Crippen LogP contribution in [0.15, 0.2) is 52.7 Å². The number of ether oxygens (including phenoxy) is 7. The molecule has 0 N–H and O–H groups in total.